The number of thiol groups is 1. The van der Waals surface area contributed by atoms with Gasteiger partial charge >= 0.3 is 17.1 Å². The molecule has 1 amide bonds. The number of hydrogen-bond acceptors (Lipinski definition) is 12. The zero-order valence-electron chi connectivity index (χ0n) is 18.2. The first-order valence-electron chi connectivity index (χ1n) is 9.95. The van der Waals surface area contributed by atoms with Gasteiger partial charge in [0.1, 0.15) is 12.6 Å². The monoisotopic (exact) mass is 492 g/mol. The van der Waals surface area contributed by atoms with Crippen molar-refractivity contribution < 1.29 is 37.4 Å². The van der Waals surface area contributed by atoms with Gasteiger partial charge < -0.3 is 28.4 Å². The van der Waals surface area contributed by atoms with Crippen LogP contribution in [0.3, 0.4) is 0 Å². The number of esters is 1. The number of carbonyl (C=O) groups is 3. The number of thioether (sulfide) groups is 1. The van der Waals surface area contributed by atoms with E-state index in [9.17, 15) is 19.2 Å². The van der Waals surface area contributed by atoms with E-state index in [4.69, 9.17) is 18.6 Å². The summed E-state index contributed by atoms with van der Waals surface area (Å²) in [5.41, 5.74) is 0. The number of amides is 1. The van der Waals surface area contributed by atoms with Crippen LogP contribution >= 0.6 is 24.4 Å². The number of nitrogens with one attached hydrogen (secondary N) is 1. The third-order valence-corrected chi connectivity index (χ3v) is 5.48. The minimum Gasteiger partial charge on any atom is -0.463 e. The van der Waals surface area contributed by atoms with Gasteiger partial charge in [0, 0.05) is 25.4 Å². The summed E-state index contributed by atoms with van der Waals surface area (Å²) in [5, 5.41) is 1.84. The third kappa shape index (κ3) is 8.88. The molecule has 1 saturated heterocycles. The van der Waals surface area contributed by atoms with Gasteiger partial charge in [-0.25, -0.2) is 14.4 Å². The molecule has 1 aromatic heterocycles. The fourth-order valence-corrected chi connectivity index (χ4v) is 3.26. The second-order valence-corrected chi connectivity index (χ2v) is 9.56. The second kappa shape index (κ2) is 12.3. The molecule has 32 heavy (non-hydrogen) atoms. The molecule has 1 atom stereocenters. The highest BCUT2D eigenvalue weighted by Crippen LogP contribution is 2.15. The summed E-state index contributed by atoms with van der Waals surface area (Å²) in [6.07, 6.45) is 0. The quantitative estimate of drug-likeness (QED) is 0.357. The van der Waals surface area contributed by atoms with E-state index in [2.05, 4.69) is 27.3 Å². The van der Waals surface area contributed by atoms with Crippen LogP contribution in [0.15, 0.2) is 13.6 Å². The van der Waals surface area contributed by atoms with Gasteiger partial charge in [0.2, 0.25) is 5.91 Å². The molecule has 0 aromatic carbocycles. The second-order valence-electron chi connectivity index (χ2n) is 7.49. The Labute approximate surface area is 194 Å². The molecular weight excluding hydrogens is 464 g/mol. The lowest BCUT2D eigenvalue weighted by atomic mass is 10.2. The van der Waals surface area contributed by atoms with Gasteiger partial charge in [-0.2, -0.15) is 12.6 Å². The van der Waals surface area contributed by atoms with E-state index in [1.54, 1.807) is 13.8 Å². The largest absolute Gasteiger partial charge is 0.519 e. The maximum atomic E-state index is 12.6. The molecule has 0 radical (unpaired) electrons. The highest BCUT2D eigenvalue weighted by Gasteiger charge is 2.30. The molecule has 1 aliphatic rings. The van der Waals surface area contributed by atoms with E-state index in [1.807, 2.05) is 0 Å². The summed E-state index contributed by atoms with van der Waals surface area (Å²) in [7, 11) is 0. The maximum Gasteiger partial charge on any atom is 0.519 e. The Bertz CT molecular complexity index is 841. The standard InChI is InChI=1S/C19H28N2O9S2/c1-12-14(30-17(24)29-12)10-28-18(25)32-11-13(20-16(23)19(2,3)31)15(22)27-9-6-21-4-7-26-8-5-21/h13,31H,4-11H2,1-3H3,(H,20,23)/t13-/m0/s1. The van der Waals surface area contributed by atoms with Crippen LogP contribution in [0.2, 0.25) is 0 Å². The molecule has 0 unspecified atom stereocenters. The summed E-state index contributed by atoms with van der Waals surface area (Å²) in [5.74, 6) is -1.86. The Morgan fingerprint density at radius 3 is 2.50 bits per heavy atom. The van der Waals surface area contributed by atoms with Crippen molar-refractivity contribution in [2.24, 2.45) is 0 Å². The van der Waals surface area contributed by atoms with E-state index in [-0.39, 0.29) is 30.5 Å². The molecule has 1 aliphatic heterocycles. The van der Waals surface area contributed by atoms with E-state index in [0.717, 1.165) is 13.1 Å². The van der Waals surface area contributed by atoms with Crippen LogP contribution in [-0.4, -0.2) is 78.1 Å². The molecule has 2 rings (SSSR count). The Kier molecular flexibility index (Phi) is 10.1. The number of morpholine rings is 1. The molecule has 1 N–H and O–H groups in total. The number of hydrogen-bond donors (Lipinski definition) is 2. The highest BCUT2D eigenvalue weighted by atomic mass is 32.2. The Balaban J connectivity index is 1.86. The average molecular weight is 493 g/mol. The van der Waals surface area contributed by atoms with Gasteiger partial charge in [-0.15, -0.1) is 0 Å². The Morgan fingerprint density at radius 1 is 1.22 bits per heavy atom. The first-order chi connectivity index (χ1) is 15.1. The van der Waals surface area contributed by atoms with Crippen molar-refractivity contribution in [3.63, 3.8) is 0 Å². The highest BCUT2D eigenvalue weighted by molar-refractivity contribution is 8.13. The van der Waals surface area contributed by atoms with Crippen LogP contribution in [0.25, 0.3) is 0 Å². The van der Waals surface area contributed by atoms with Crippen molar-refractivity contribution in [1.82, 2.24) is 10.2 Å². The van der Waals surface area contributed by atoms with Gasteiger partial charge in [0.15, 0.2) is 18.1 Å². The molecule has 0 aliphatic carbocycles. The molecule has 0 saturated carbocycles. The third-order valence-electron chi connectivity index (χ3n) is 4.43. The van der Waals surface area contributed by atoms with Crippen molar-refractivity contribution in [3.8, 4) is 0 Å². The predicted octanol–water partition coefficient (Wildman–Crippen LogP) is 0.980. The maximum absolute atomic E-state index is 12.6. The van der Waals surface area contributed by atoms with Gasteiger partial charge in [-0.1, -0.05) is 0 Å². The molecule has 1 aromatic rings. The minimum atomic E-state index is -1.08. The van der Waals surface area contributed by atoms with Crippen LogP contribution in [0.4, 0.5) is 4.79 Å². The minimum absolute atomic E-state index is 0.0909. The van der Waals surface area contributed by atoms with Gasteiger partial charge in [-0.3, -0.25) is 9.69 Å². The van der Waals surface area contributed by atoms with Crippen LogP contribution in [0.1, 0.15) is 25.4 Å². The lowest BCUT2D eigenvalue weighted by Gasteiger charge is -2.27. The lowest BCUT2D eigenvalue weighted by Crippen LogP contribution is -2.49. The van der Waals surface area contributed by atoms with Gasteiger partial charge in [-0.05, 0) is 32.5 Å². The van der Waals surface area contributed by atoms with Crippen molar-refractivity contribution in [2.45, 2.75) is 38.2 Å². The normalized spacial score (nSPS) is 15.8. The van der Waals surface area contributed by atoms with Gasteiger partial charge in [0.25, 0.3) is 0 Å². The fraction of sp³-hybridized carbons (Fsp3) is 0.684. The zero-order chi connectivity index (χ0) is 23.7. The number of rotatable bonds is 10. The van der Waals surface area contributed by atoms with Crippen molar-refractivity contribution in [3.05, 3.63) is 22.1 Å². The number of nitrogens with zero attached hydrogens (tertiary/aromatic N) is 1. The Hall–Kier alpha value is -1.96. The molecule has 180 valence electrons. The summed E-state index contributed by atoms with van der Waals surface area (Å²) in [6.45, 7) is 7.80. The zero-order valence-corrected chi connectivity index (χ0v) is 19.9. The summed E-state index contributed by atoms with van der Waals surface area (Å²) in [6, 6.07) is -1.08. The summed E-state index contributed by atoms with van der Waals surface area (Å²) in [4.78, 5) is 50.0. The number of ether oxygens (including phenoxy) is 3. The van der Waals surface area contributed by atoms with Gasteiger partial charge in [0.05, 0.1) is 18.0 Å². The number of aryl methyl sites for hydroxylation is 1. The molecule has 2 heterocycles. The first-order valence-corrected chi connectivity index (χ1v) is 11.4. The lowest BCUT2D eigenvalue weighted by molar-refractivity contribution is -0.148. The summed E-state index contributed by atoms with van der Waals surface area (Å²) < 4.78 is 24.0. The first kappa shape index (κ1) is 26.3. The number of carbonyl (C=O) groups excluding carboxylic acids is 3. The van der Waals surface area contributed by atoms with Crippen molar-refractivity contribution in [2.75, 3.05) is 45.2 Å². The van der Waals surface area contributed by atoms with Crippen LogP contribution in [0.5, 0.6) is 0 Å². The van der Waals surface area contributed by atoms with E-state index >= 15 is 0 Å². The molecule has 13 heteroatoms. The molecule has 11 nitrogen and oxygen atoms in total. The topological polar surface area (TPSA) is 138 Å². The van der Waals surface area contributed by atoms with E-state index in [1.165, 1.54) is 6.92 Å². The fourth-order valence-electron chi connectivity index (χ4n) is 2.53. The van der Waals surface area contributed by atoms with Crippen LogP contribution < -0.4 is 11.1 Å². The molecular formula is C19H28N2O9S2. The average Bonchev–Trinajstić information content (AvgIpc) is 3.06. The predicted molar refractivity (Wildman–Crippen MR) is 118 cm³/mol. The smallest absolute Gasteiger partial charge is 0.463 e. The van der Waals surface area contributed by atoms with E-state index in [0.29, 0.717) is 31.5 Å². The van der Waals surface area contributed by atoms with Crippen molar-refractivity contribution in [1.29, 1.82) is 0 Å². The molecule has 0 spiro atoms. The van der Waals surface area contributed by atoms with Crippen molar-refractivity contribution >= 4 is 41.6 Å². The van der Waals surface area contributed by atoms with Crippen LogP contribution in [-0.2, 0) is 30.4 Å². The molecule has 0 bridgehead atoms. The SMILES string of the molecule is Cc1oc(=O)oc1COC(=O)SC[C@H](NC(=O)C(C)(C)S)C(=O)OCCN1CCOCC1. The molecule has 1 fully saturated rings. The van der Waals surface area contributed by atoms with E-state index < -0.39 is 33.8 Å². The Morgan fingerprint density at radius 2 is 1.91 bits per heavy atom. The summed E-state index contributed by atoms with van der Waals surface area (Å²) >= 11 is 4.88. The van der Waals surface area contributed by atoms with Crippen LogP contribution in [0, 0.1) is 6.92 Å².